The van der Waals surface area contributed by atoms with E-state index in [4.69, 9.17) is 9.15 Å². The molecular formula is C23H31N3O4. The molecule has 162 valence electrons. The second-order valence-corrected chi connectivity index (χ2v) is 8.01. The van der Waals surface area contributed by atoms with Crippen LogP contribution in [-0.2, 0) is 22.6 Å². The van der Waals surface area contributed by atoms with E-state index in [9.17, 15) is 9.59 Å². The highest BCUT2D eigenvalue weighted by atomic mass is 16.5. The summed E-state index contributed by atoms with van der Waals surface area (Å²) in [4.78, 5) is 26.9. The number of carbonyl (C=O) groups is 2. The number of rotatable bonds is 7. The molecule has 1 aliphatic rings. The third kappa shape index (κ3) is 5.93. The third-order valence-corrected chi connectivity index (χ3v) is 5.18. The van der Waals surface area contributed by atoms with Crippen molar-refractivity contribution in [3.05, 3.63) is 58.5 Å². The van der Waals surface area contributed by atoms with E-state index >= 15 is 0 Å². The molecule has 1 aromatic heterocycles. The molecule has 1 saturated heterocycles. The van der Waals surface area contributed by atoms with Gasteiger partial charge in [-0.25, -0.2) is 0 Å². The molecule has 7 nitrogen and oxygen atoms in total. The van der Waals surface area contributed by atoms with Crippen molar-refractivity contribution in [2.45, 2.75) is 53.0 Å². The minimum atomic E-state index is -0.310. The maximum absolute atomic E-state index is 12.3. The van der Waals surface area contributed by atoms with Gasteiger partial charge in [-0.05, 0) is 44.9 Å². The molecule has 2 heterocycles. The Hall–Kier alpha value is -2.64. The van der Waals surface area contributed by atoms with Crippen molar-refractivity contribution in [3.8, 4) is 0 Å². The Bertz CT molecular complexity index is 882. The molecule has 1 fully saturated rings. The van der Waals surface area contributed by atoms with E-state index in [1.165, 1.54) is 5.56 Å². The Morgan fingerprint density at radius 2 is 1.73 bits per heavy atom. The fraction of sp³-hybridized carbons (Fsp3) is 0.478. The summed E-state index contributed by atoms with van der Waals surface area (Å²) in [5.74, 6) is 0.675. The van der Waals surface area contributed by atoms with E-state index in [0.29, 0.717) is 23.6 Å². The minimum absolute atomic E-state index is 0.0802. The molecular weight excluding hydrogens is 382 g/mol. The fourth-order valence-electron chi connectivity index (χ4n) is 3.91. The summed E-state index contributed by atoms with van der Waals surface area (Å²) >= 11 is 0. The van der Waals surface area contributed by atoms with Crippen LogP contribution in [0.4, 0.5) is 0 Å². The predicted molar refractivity (Wildman–Crippen MR) is 114 cm³/mol. The Morgan fingerprint density at radius 3 is 2.37 bits per heavy atom. The Balaban J connectivity index is 1.51. The minimum Gasteiger partial charge on any atom is -0.466 e. The van der Waals surface area contributed by atoms with E-state index in [2.05, 4.69) is 35.4 Å². The average Bonchev–Trinajstić information content (AvgIpc) is 3.02. The van der Waals surface area contributed by atoms with Crippen LogP contribution in [0.2, 0.25) is 0 Å². The largest absolute Gasteiger partial charge is 0.466 e. The van der Waals surface area contributed by atoms with Crippen molar-refractivity contribution in [2.24, 2.45) is 0 Å². The molecule has 0 radical (unpaired) electrons. The van der Waals surface area contributed by atoms with Gasteiger partial charge >= 0.3 is 0 Å². The first kappa shape index (κ1) is 22.1. The zero-order valence-electron chi connectivity index (χ0n) is 18.2. The molecule has 2 unspecified atom stereocenters. The van der Waals surface area contributed by atoms with Crippen molar-refractivity contribution in [1.82, 2.24) is 15.5 Å². The van der Waals surface area contributed by atoms with Gasteiger partial charge in [0.05, 0.1) is 24.3 Å². The number of ether oxygens (including phenoxy) is 1. The zero-order chi connectivity index (χ0) is 21.7. The summed E-state index contributed by atoms with van der Waals surface area (Å²) in [5, 5.41) is 5.55. The van der Waals surface area contributed by atoms with E-state index in [1.807, 2.05) is 18.2 Å². The van der Waals surface area contributed by atoms with Crippen LogP contribution in [-0.4, -0.2) is 48.6 Å². The molecule has 0 bridgehead atoms. The Kier molecular flexibility index (Phi) is 7.29. The maximum atomic E-state index is 12.3. The number of nitrogens with zero attached hydrogens (tertiary/aromatic N) is 1. The van der Waals surface area contributed by atoms with Crippen LogP contribution in [0.15, 0.2) is 34.7 Å². The van der Waals surface area contributed by atoms with Gasteiger partial charge in [-0.2, -0.15) is 0 Å². The summed E-state index contributed by atoms with van der Waals surface area (Å²) in [5.41, 5.74) is 2.72. The third-order valence-electron chi connectivity index (χ3n) is 5.18. The molecule has 0 saturated carbocycles. The standard InChI is InChI=1S/C23H31N3O4/c1-15-9-21(18(4)30-15)23(28)25-11-22(27)24-10-19-7-5-6-8-20(19)14-26-12-16(2)29-17(3)13-26/h5-9,16-17H,10-14H2,1-4H3,(H,24,27)(H,25,28). The highest BCUT2D eigenvalue weighted by Crippen LogP contribution is 2.17. The lowest BCUT2D eigenvalue weighted by Crippen LogP contribution is -2.45. The average molecular weight is 414 g/mol. The number of aryl methyl sites for hydroxylation is 2. The SMILES string of the molecule is Cc1cc(C(=O)NCC(=O)NCc2ccccc2CN2CC(C)OC(C)C2)c(C)o1. The van der Waals surface area contributed by atoms with E-state index in [0.717, 1.165) is 25.2 Å². The van der Waals surface area contributed by atoms with Gasteiger partial charge in [0.2, 0.25) is 5.91 Å². The second kappa shape index (κ2) is 9.91. The van der Waals surface area contributed by atoms with Crippen LogP contribution in [0, 0.1) is 13.8 Å². The zero-order valence-corrected chi connectivity index (χ0v) is 18.2. The molecule has 2 atom stereocenters. The number of amides is 2. The summed E-state index contributed by atoms with van der Waals surface area (Å²) in [6.45, 7) is 10.6. The van der Waals surface area contributed by atoms with Crippen LogP contribution in [0.5, 0.6) is 0 Å². The summed E-state index contributed by atoms with van der Waals surface area (Å²) in [6.07, 6.45) is 0.429. The Morgan fingerprint density at radius 1 is 1.07 bits per heavy atom. The van der Waals surface area contributed by atoms with Gasteiger partial charge in [0.25, 0.3) is 5.91 Å². The van der Waals surface area contributed by atoms with Gasteiger partial charge in [-0.3, -0.25) is 14.5 Å². The van der Waals surface area contributed by atoms with Crippen LogP contribution < -0.4 is 10.6 Å². The van der Waals surface area contributed by atoms with Crippen molar-refractivity contribution < 1.29 is 18.7 Å². The molecule has 3 rings (SSSR count). The fourth-order valence-corrected chi connectivity index (χ4v) is 3.91. The number of nitrogens with one attached hydrogen (secondary N) is 2. The first-order valence-corrected chi connectivity index (χ1v) is 10.4. The van der Waals surface area contributed by atoms with Crippen molar-refractivity contribution in [1.29, 1.82) is 0 Å². The van der Waals surface area contributed by atoms with Crippen LogP contribution >= 0.6 is 0 Å². The topological polar surface area (TPSA) is 83.8 Å². The van der Waals surface area contributed by atoms with Gasteiger partial charge in [-0.15, -0.1) is 0 Å². The summed E-state index contributed by atoms with van der Waals surface area (Å²) in [6, 6.07) is 9.79. The lowest BCUT2D eigenvalue weighted by atomic mass is 10.1. The van der Waals surface area contributed by atoms with Crippen molar-refractivity contribution >= 4 is 11.8 Å². The van der Waals surface area contributed by atoms with Crippen molar-refractivity contribution in [2.75, 3.05) is 19.6 Å². The van der Waals surface area contributed by atoms with Crippen LogP contribution in [0.1, 0.15) is 46.9 Å². The number of furan rings is 1. The lowest BCUT2D eigenvalue weighted by Gasteiger charge is -2.35. The molecule has 2 aromatic rings. The quantitative estimate of drug-likeness (QED) is 0.729. The Labute approximate surface area is 177 Å². The first-order chi connectivity index (χ1) is 14.3. The van der Waals surface area contributed by atoms with E-state index < -0.39 is 0 Å². The van der Waals surface area contributed by atoms with Gasteiger partial charge in [0.1, 0.15) is 11.5 Å². The number of hydrogen-bond acceptors (Lipinski definition) is 5. The molecule has 0 aliphatic carbocycles. The maximum Gasteiger partial charge on any atom is 0.255 e. The van der Waals surface area contributed by atoms with Gasteiger partial charge in [0, 0.05) is 26.2 Å². The van der Waals surface area contributed by atoms with Gasteiger partial charge < -0.3 is 19.8 Å². The highest BCUT2D eigenvalue weighted by molar-refractivity contribution is 5.97. The molecule has 7 heteroatoms. The lowest BCUT2D eigenvalue weighted by molar-refractivity contribution is -0.120. The summed E-state index contributed by atoms with van der Waals surface area (Å²) in [7, 11) is 0. The van der Waals surface area contributed by atoms with E-state index in [-0.39, 0.29) is 30.6 Å². The van der Waals surface area contributed by atoms with E-state index in [1.54, 1.807) is 19.9 Å². The molecule has 0 spiro atoms. The molecule has 1 aliphatic heterocycles. The highest BCUT2D eigenvalue weighted by Gasteiger charge is 2.22. The number of carbonyl (C=O) groups excluding carboxylic acids is 2. The molecule has 1 aromatic carbocycles. The van der Waals surface area contributed by atoms with Crippen LogP contribution in [0.25, 0.3) is 0 Å². The normalized spacial score (nSPS) is 19.5. The molecule has 30 heavy (non-hydrogen) atoms. The molecule has 2 N–H and O–H groups in total. The number of benzene rings is 1. The predicted octanol–water partition coefficient (Wildman–Crippen LogP) is 2.55. The monoisotopic (exact) mass is 413 g/mol. The first-order valence-electron chi connectivity index (χ1n) is 10.4. The second-order valence-electron chi connectivity index (χ2n) is 8.01. The number of hydrogen-bond donors (Lipinski definition) is 2. The van der Waals surface area contributed by atoms with Crippen LogP contribution in [0.3, 0.4) is 0 Å². The van der Waals surface area contributed by atoms with Crippen molar-refractivity contribution in [3.63, 3.8) is 0 Å². The smallest absolute Gasteiger partial charge is 0.255 e. The molecule has 2 amide bonds. The van der Waals surface area contributed by atoms with Gasteiger partial charge in [0.15, 0.2) is 0 Å². The van der Waals surface area contributed by atoms with Gasteiger partial charge in [-0.1, -0.05) is 24.3 Å². The number of morpholine rings is 1. The summed E-state index contributed by atoms with van der Waals surface area (Å²) < 4.78 is 11.2.